The Hall–Kier alpha value is -0.120. The average molecular weight is 281 g/mol. The van der Waals surface area contributed by atoms with Crippen LogP contribution in [0.3, 0.4) is 0 Å². The van der Waals surface area contributed by atoms with Gasteiger partial charge in [-0.05, 0) is 71.5 Å². The van der Waals surface area contributed by atoms with Crippen LogP contribution in [0.2, 0.25) is 0 Å². The van der Waals surface area contributed by atoms with Crippen molar-refractivity contribution in [1.82, 2.24) is 9.80 Å². The van der Waals surface area contributed by atoms with Gasteiger partial charge < -0.3 is 15.5 Å². The Morgan fingerprint density at radius 2 is 1.80 bits per heavy atom. The van der Waals surface area contributed by atoms with Crippen molar-refractivity contribution in [2.75, 3.05) is 27.7 Å². The maximum absolute atomic E-state index is 6.44. The van der Waals surface area contributed by atoms with Crippen LogP contribution >= 0.6 is 0 Å². The van der Waals surface area contributed by atoms with E-state index >= 15 is 0 Å². The van der Waals surface area contributed by atoms with E-state index in [0.717, 1.165) is 11.8 Å². The normalized spacial score (nSPS) is 33.8. The van der Waals surface area contributed by atoms with Crippen LogP contribution in [0.25, 0.3) is 0 Å². The van der Waals surface area contributed by atoms with Gasteiger partial charge in [0.1, 0.15) is 0 Å². The topological polar surface area (TPSA) is 32.5 Å². The van der Waals surface area contributed by atoms with E-state index in [-0.39, 0.29) is 0 Å². The zero-order chi connectivity index (χ0) is 14.9. The molecule has 0 aromatic carbocycles. The van der Waals surface area contributed by atoms with Gasteiger partial charge in [0.15, 0.2) is 0 Å². The van der Waals surface area contributed by atoms with Crippen LogP contribution in [0.1, 0.15) is 52.4 Å². The highest BCUT2D eigenvalue weighted by atomic mass is 15.2. The van der Waals surface area contributed by atoms with E-state index in [1.165, 1.54) is 45.1 Å². The van der Waals surface area contributed by atoms with Gasteiger partial charge in [-0.1, -0.05) is 13.8 Å². The Bertz CT molecular complexity index is 309. The molecule has 3 unspecified atom stereocenters. The molecule has 0 radical (unpaired) electrons. The van der Waals surface area contributed by atoms with E-state index in [1.807, 2.05) is 0 Å². The summed E-state index contributed by atoms with van der Waals surface area (Å²) < 4.78 is 0. The van der Waals surface area contributed by atoms with Gasteiger partial charge >= 0.3 is 0 Å². The lowest BCUT2D eigenvalue weighted by molar-refractivity contribution is 0.00161. The summed E-state index contributed by atoms with van der Waals surface area (Å²) in [4.78, 5) is 5.03. The van der Waals surface area contributed by atoms with Crippen molar-refractivity contribution in [3.05, 3.63) is 0 Å². The second-order valence-corrected chi connectivity index (χ2v) is 7.94. The molecule has 0 bridgehead atoms. The molecule has 2 aliphatic carbocycles. The van der Waals surface area contributed by atoms with Crippen LogP contribution in [0.5, 0.6) is 0 Å². The fraction of sp³-hybridized carbons (Fsp3) is 1.00. The highest BCUT2D eigenvalue weighted by Gasteiger charge is 2.42. The van der Waals surface area contributed by atoms with E-state index in [0.29, 0.717) is 17.6 Å². The molecular weight excluding hydrogens is 246 g/mol. The van der Waals surface area contributed by atoms with Gasteiger partial charge in [0.05, 0.1) is 0 Å². The SMILES string of the molecule is CC(C)C1CCC(N)C(N(C)CC2(N(C)C)CCC2)C1. The number of nitrogens with zero attached hydrogens (tertiary/aromatic N) is 2. The van der Waals surface area contributed by atoms with Crippen LogP contribution in [0.4, 0.5) is 0 Å². The fourth-order valence-electron chi connectivity index (χ4n) is 4.23. The first-order valence-corrected chi connectivity index (χ1v) is 8.49. The van der Waals surface area contributed by atoms with Crippen molar-refractivity contribution < 1.29 is 0 Å². The summed E-state index contributed by atoms with van der Waals surface area (Å²) in [6.07, 6.45) is 7.89. The molecule has 0 saturated heterocycles. The Kier molecular flexibility index (Phi) is 5.14. The van der Waals surface area contributed by atoms with Crippen LogP contribution in [-0.4, -0.2) is 55.1 Å². The third-order valence-corrected chi connectivity index (χ3v) is 6.19. The van der Waals surface area contributed by atoms with Gasteiger partial charge in [-0.15, -0.1) is 0 Å². The zero-order valence-corrected chi connectivity index (χ0v) is 14.2. The van der Waals surface area contributed by atoms with Gasteiger partial charge in [0, 0.05) is 24.2 Å². The van der Waals surface area contributed by atoms with Gasteiger partial charge in [-0.3, -0.25) is 0 Å². The summed E-state index contributed by atoms with van der Waals surface area (Å²) in [5, 5.41) is 0. The Morgan fingerprint density at radius 3 is 2.25 bits per heavy atom. The predicted octanol–water partition coefficient (Wildman–Crippen LogP) is 2.55. The molecule has 2 rings (SSSR count). The molecule has 118 valence electrons. The van der Waals surface area contributed by atoms with Gasteiger partial charge in [0.25, 0.3) is 0 Å². The minimum atomic E-state index is 0.370. The smallest absolute Gasteiger partial charge is 0.0330 e. The van der Waals surface area contributed by atoms with Crippen LogP contribution in [-0.2, 0) is 0 Å². The van der Waals surface area contributed by atoms with Crippen molar-refractivity contribution in [3.63, 3.8) is 0 Å². The van der Waals surface area contributed by atoms with Gasteiger partial charge in [0.2, 0.25) is 0 Å². The van der Waals surface area contributed by atoms with E-state index in [2.05, 4.69) is 44.8 Å². The van der Waals surface area contributed by atoms with Crippen molar-refractivity contribution >= 4 is 0 Å². The third-order valence-electron chi connectivity index (χ3n) is 6.19. The van der Waals surface area contributed by atoms with Crippen molar-refractivity contribution in [1.29, 1.82) is 0 Å². The summed E-state index contributed by atoms with van der Waals surface area (Å²) in [6, 6.07) is 0.947. The van der Waals surface area contributed by atoms with Crippen LogP contribution in [0, 0.1) is 11.8 Å². The number of hydrogen-bond acceptors (Lipinski definition) is 3. The quantitative estimate of drug-likeness (QED) is 0.840. The lowest BCUT2D eigenvalue weighted by atomic mass is 9.73. The zero-order valence-electron chi connectivity index (χ0n) is 14.2. The fourth-order valence-corrected chi connectivity index (χ4v) is 4.23. The molecule has 3 heteroatoms. The molecule has 0 aliphatic heterocycles. The molecule has 3 nitrogen and oxygen atoms in total. The molecule has 0 aromatic rings. The largest absolute Gasteiger partial charge is 0.326 e. The van der Waals surface area contributed by atoms with Crippen LogP contribution in [0.15, 0.2) is 0 Å². The standard InChI is InChI=1S/C17H35N3/c1-13(2)14-7-8-15(18)16(11-14)20(5)12-17(19(3)4)9-6-10-17/h13-16H,6-12,18H2,1-5H3. The first kappa shape index (κ1) is 16.3. The molecule has 0 heterocycles. The number of rotatable bonds is 5. The Labute approximate surface area is 125 Å². The molecule has 0 spiro atoms. The van der Waals surface area contributed by atoms with Gasteiger partial charge in [-0.2, -0.15) is 0 Å². The summed E-state index contributed by atoms with van der Waals surface area (Å²) in [7, 11) is 6.78. The van der Waals surface area contributed by atoms with E-state index in [1.54, 1.807) is 0 Å². The molecular formula is C17H35N3. The molecule has 2 aliphatic rings. The lowest BCUT2D eigenvalue weighted by Gasteiger charge is -2.52. The van der Waals surface area contributed by atoms with Crippen molar-refractivity contribution in [3.8, 4) is 0 Å². The average Bonchev–Trinajstić information content (AvgIpc) is 2.33. The molecule has 20 heavy (non-hydrogen) atoms. The summed E-state index contributed by atoms with van der Waals surface area (Å²) in [5.41, 5.74) is 6.86. The number of likely N-dealkylation sites (N-methyl/N-ethyl adjacent to an activating group) is 2. The third kappa shape index (κ3) is 3.20. The van der Waals surface area contributed by atoms with E-state index in [9.17, 15) is 0 Å². The predicted molar refractivity (Wildman–Crippen MR) is 86.8 cm³/mol. The maximum Gasteiger partial charge on any atom is 0.0330 e. The Morgan fingerprint density at radius 1 is 1.15 bits per heavy atom. The molecule has 2 N–H and O–H groups in total. The molecule has 2 fully saturated rings. The first-order valence-electron chi connectivity index (χ1n) is 8.49. The van der Waals surface area contributed by atoms with Crippen molar-refractivity contribution in [2.45, 2.75) is 70.0 Å². The van der Waals surface area contributed by atoms with E-state index in [4.69, 9.17) is 5.73 Å². The van der Waals surface area contributed by atoms with Crippen LogP contribution < -0.4 is 5.73 Å². The monoisotopic (exact) mass is 281 g/mol. The first-order chi connectivity index (χ1) is 9.35. The van der Waals surface area contributed by atoms with Crippen molar-refractivity contribution in [2.24, 2.45) is 17.6 Å². The minimum absolute atomic E-state index is 0.370. The Balaban J connectivity index is 1.98. The second kappa shape index (κ2) is 6.33. The number of nitrogens with two attached hydrogens (primary N) is 1. The highest BCUT2D eigenvalue weighted by Crippen LogP contribution is 2.38. The molecule has 2 saturated carbocycles. The molecule has 3 atom stereocenters. The maximum atomic E-state index is 6.44. The lowest BCUT2D eigenvalue weighted by Crippen LogP contribution is -2.60. The second-order valence-electron chi connectivity index (χ2n) is 7.94. The molecule has 0 aromatic heterocycles. The number of hydrogen-bond donors (Lipinski definition) is 1. The highest BCUT2D eigenvalue weighted by molar-refractivity contribution is 5.00. The van der Waals surface area contributed by atoms with E-state index < -0.39 is 0 Å². The summed E-state index contributed by atoms with van der Waals surface area (Å²) in [5.74, 6) is 1.66. The summed E-state index contributed by atoms with van der Waals surface area (Å²) in [6.45, 7) is 5.92. The molecule has 0 amide bonds. The minimum Gasteiger partial charge on any atom is -0.326 e. The van der Waals surface area contributed by atoms with Gasteiger partial charge in [-0.25, -0.2) is 0 Å². The summed E-state index contributed by atoms with van der Waals surface area (Å²) >= 11 is 0.